The van der Waals surface area contributed by atoms with Gasteiger partial charge in [-0.3, -0.25) is 5.10 Å². The molecule has 5 nitrogen and oxygen atoms in total. The number of nitrogen functional groups attached to an aromatic ring is 1. The number of nitrogens with one attached hydrogen (secondary N) is 2. The smallest absolute Gasteiger partial charge is 0.153 e. The number of H-pyrrole nitrogens is 1. The van der Waals surface area contributed by atoms with Crippen molar-refractivity contribution in [3.63, 3.8) is 0 Å². The van der Waals surface area contributed by atoms with Gasteiger partial charge in [-0.2, -0.15) is 5.10 Å². The molecule has 1 fully saturated rings. The van der Waals surface area contributed by atoms with E-state index in [1.807, 2.05) is 12.3 Å². The van der Waals surface area contributed by atoms with Gasteiger partial charge >= 0.3 is 0 Å². The van der Waals surface area contributed by atoms with E-state index in [4.69, 9.17) is 5.73 Å². The first-order valence-electron chi connectivity index (χ1n) is 6.87. The number of anilines is 2. The third-order valence-corrected chi connectivity index (χ3v) is 4.30. The maximum Gasteiger partial charge on any atom is 0.153 e. The van der Waals surface area contributed by atoms with Gasteiger partial charge in [-0.25, -0.2) is 4.98 Å². The van der Waals surface area contributed by atoms with Crippen molar-refractivity contribution in [1.29, 1.82) is 0 Å². The molecule has 0 unspecified atom stereocenters. The van der Waals surface area contributed by atoms with Gasteiger partial charge in [0.1, 0.15) is 5.82 Å². The molecular formula is C15H14BrN5. The van der Waals surface area contributed by atoms with E-state index in [0.717, 1.165) is 32.3 Å². The highest BCUT2D eigenvalue weighted by atomic mass is 79.9. The Morgan fingerprint density at radius 2 is 2.10 bits per heavy atom. The Hall–Kier alpha value is -2.08. The van der Waals surface area contributed by atoms with E-state index in [1.165, 1.54) is 12.8 Å². The molecule has 3 aromatic rings. The summed E-state index contributed by atoms with van der Waals surface area (Å²) in [5.74, 6) is 1.43. The fourth-order valence-electron chi connectivity index (χ4n) is 2.39. The number of rotatable bonds is 3. The molecule has 0 spiro atoms. The molecule has 4 N–H and O–H groups in total. The van der Waals surface area contributed by atoms with Gasteiger partial charge in [0.05, 0.1) is 5.52 Å². The fourth-order valence-corrected chi connectivity index (χ4v) is 2.94. The number of nitrogens with zero attached hydrogens (tertiary/aromatic N) is 2. The summed E-state index contributed by atoms with van der Waals surface area (Å²) in [6.45, 7) is 0. The molecule has 21 heavy (non-hydrogen) atoms. The van der Waals surface area contributed by atoms with Crippen LogP contribution in [0.4, 0.5) is 11.6 Å². The number of halogens is 1. The largest absolute Gasteiger partial charge is 0.382 e. The van der Waals surface area contributed by atoms with Gasteiger partial charge in [0.25, 0.3) is 0 Å². The van der Waals surface area contributed by atoms with Crippen molar-refractivity contribution >= 4 is 38.5 Å². The normalized spacial score (nSPS) is 14.5. The van der Waals surface area contributed by atoms with Crippen LogP contribution in [0.3, 0.4) is 0 Å². The Labute approximate surface area is 130 Å². The Morgan fingerprint density at radius 3 is 2.90 bits per heavy atom. The van der Waals surface area contributed by atoms with Crippen molar-refractivity contribution in [1.82, 2.24) is 15.2 Å². The Bertz CT molecular complexity index is 822. The number of benzene rings is 1. The van der Waals surface area contributed by atoms with Crippen molar-refractivity contribution in [2.75, 3.05) is 11.1 Å². The number of pyridine rings is 1. The van der Waals surface area contributed by atoms with E-state index >= 15 is 0 Å². The van der Waals surface area contributed by atoms with Crippen molar-refractivity contribution in [3.05, 3.63) is 34.9 Å². The maximum atomic E-state index is 5.91. The molecule has 0 saturated heterocycles. The number of hydrogen-bond acceptors (Lipinski definition) is 4. The van der Waals surface area contributed by atoms with E-state index in [0.29, 0.717) is 11.9 Å². The molecule has 106 valence electrons. The van der Waals surface area contributed by atoms with Gasteiger partial charge in [-0.1, -0.05) is 0 Å². The first-order valence-corrected chi connectivity index (χ1v) is 7.66. The van der Waals surface area contributed by atoms with Crippen LogP contribution in [0.15, 0.2) is 34.9 Å². The highest BCUT2D eigenvalue weighted by Crippen LogP contribution is 2.33. The van der Waals surface area contributed by atoms with Crippen LogP contribution in [0.2, 0.25) is 0 Å². The summed E-state index contributed by atoms with van der Waals surface area (Å²) in [5, 5.41) is 11.3. The van der Waals surface area contributed by atoms with Gasteiger partial charge in [0, 0.05) is 22.1 Å². The maximum absolute atomic E-state index is 5.91. The van der Waals surface area contributed by atoms with E-state index in [9.17, 15) is 0 Å². The summed E-state index contributed by atoms with van der Waals surface area (Å²) in [5.41, 5.74) is 9.02. The zero-order valence-corrected chi connectivity index (χ0v) is 12.8. The minimum atomic E-state index is 0.512. The number of nitrogens with two attached hydrogens (primary N) is 1. The topological polar surface area (TPSA) is 79.6 Å². The first kappa shape index (κ1) is 12.6. The van der Waals surface area contributed by atoms with Gasteiger partial charge in [0.15, 0.2) is 5.82 Å². The lowest BCUT2D eigenvalue weighted by atomic mass is 10.0. The molecule has 0 radical (unpaired) electrons. The molecule has 0 aliphatic heterocycles. The Kier molecular flexibility index (Phi) is 2.85. The predicted molar refractivity (Wildman–Crippen MR) is 88.1 cm³/mol. The molecule has 0 atom stereocenters. The minimum absolute atomic E-state index is 0.512. The van der Waals surface area contributed by atoms with Crippen LogP contribution in [0, 0.1) is 0 Å². The van der Waals surface area contributed by atoms with Crippen LogP contribution in [0.25, 0.3) is 22.0 Å². The second-order valence-corrected chi connectivity index (χ2v) is 6.19. The third-order valence-electron chi connectivity index (χ3n) is 3.68. The highest BCUT2D eigenvalue weighted by Gasteiger charge is 2.21. The lowest BCUT2D eigenvalue weighted by molar-refractivity contribution is 1.11. The zero-order valence-electron chi connectivity index (χ0n) is 11.2. The van der Waals surface area contributed by atoms with Crippen molar-refractivity contribution in [2.45, 2.75) is 18.9 Å². The lowest BCUT2D eigenvalue weighted by Crippen LogP contribution is -2.02. The molecule has 2 aromatic heterocycles. The van der Waals surface area contributed by atoms with Crippen molar-refractivity contribution in [3.8, 4) is 11.1 Å². The predicted octanol–water partition coefficient (Wildman–Crippen LogP) is 3.54. The van der Waals surface area contributed by atoms with Crippen LogP contribution in [0.5, 0.6) is 0 Å². The van der Waals surface area contributed by atoms with Gasteiger partial charge in [-0.15, -0.1) is 0 Å². The second kappa shape index (κ2) is 4.73. The van der Waals surface area contributed by atoms with Crippen LogP contribution in [-0.2, 0) is 0 Å². The first-order chi connectivity index (χ1) is 10.2. The minimum Gasteiger partial charge on any atom is -0.382 e. The van der Waals surface area contributed by atoms with E-state index in [1.54, 1.807) is 0 Å². The summed E-state index contributed by atoms with van der Waals surface area (Å²) in [4.78, 5) is 4.37. The zero-order chi connectivity index (χ0) is 14.4. The average molecular weight is 344 g/mol. The molecule has 0 bridgehead atoms. The summed E-state index contributed by atoms with van der Waals surface area (Å²) in [6.07, 6.45) is 4.29. The summed E-state index contributed by atoms with van der Waals surface area (Å²) < 4.78 is 0.952. The van der Waals surface area contributed by atoms with Crippen LogP contribution in [0.1, 0.15) is 12.8 Å². The number of aromatic nitrogens is 3. The Morgan fingerprint density at radius 1 is 1.24 bits per heavy atom. The SMILES string of the molecule is Nc1n[nH]c2c(Br)cc(-c3ccnc(NC4CC4)c3)cc12. The molecule has 0 amide bonds. The van der Waals surface area contributed by atoms with E-state index in [2.05, 4.69) is 54.6 Å². The van der Waals surface area contributed by atoms with E-state index < -0.39 is 0 Å². The standard InChI is InChI=1S/C15H14BrN5/c16-12-6-9(5-11-14(12)20-21-15(11)17)8-3-4-18-13(7-8)19-10-1-2-10/h3-7,10H,1-2H2,(H,18,19)(H3,17,20,21). The molecule has 4 rings (SSSR count). The van der Waals surface area contributed by atoms with Crippen molar-refractivity contribution in [2.24, 2.45) is 0 Å². The summed E-state index contributed by atoms with van der Waals surface area (Å²) in [7, 11) is 0. The lowest BCUT2D eigenvalue weighted by Gasteiger charge is -2.07. The van der Waals surface area contributed by atoms with Crippen molar-refractivity contribution < 1.29 is 0 Å². The quantitative estimate of drug-likeness (QED) is 0.679. The molecule has 6 heteroatoms. The van der Waals surface area contributed by atoms with Gasteiger partial charge in [0.2, 0.25) is 0 Å². The molecule has 2 heterocycles. The van der Waals surface area contributed by atoms with Crippen LogP contribution < -0.4 is 11.1 Å². The second-order valence-electron chi connectivity index (χ2n) is 5.34. The molecule has 1 aliphatic carbocycles. The van der Waals surface area contributed by atoms with Crippen LogP contribution in [-0.4, -0.2) is 21.2 Å². The third kappa shape index (κ3) is 2.35. The molecule has 1 saturated carbocycles. The summed E-state index contributed by atoms with van der Waals surface area (Å²) in [6, 6.07) is 8.78. The number of fused-ring (bicyclic) bond motifs is 1. The molecule has 1 aromatic carbocycles. The molecular weight excluding hydrogens is 330 g/mol. The van der Waals surface area contributed by atoms with E-state index in [-0.39, 0.29) is 0 Å². The Balaban J connectivity index is 1.79. The monoisotopic (exact) mass is 343 g/mol. The average Bonchev–Trinajstić information content (AvgIpc) is 3.21. The highest BCUT2D eigenvalue weighted by molar-refractivity contribution is 9.10. The van der Waals surface area contributed by atoms with Crippen LogP contribution >= 0.6 is 15.9 Å². The van der Waals surface area contributed by atoms with Gasteiger partial charge in [-0.05, 0) is 64.2 Å². The summed E-state index contributed by atoms with van der Waals surface area (Å²) >= 11 is 3.57. The number of aromatic amines is 1. The van der Waals surface area contributed by atoms with Gasteiger partial charge < -0.3 is 11.1 Å². The number of hydrogen-bond donors (Lipinski definition) is 3. The fraction of sp³-hybridized carbons (Fsp3) is 0.200. The molecule has 1 aliphatic rings.